The van der Waals surface area contributed by atoms with Crippen LogP contribution in [0.1, 0.15) is 47.5 Å². The summed E-state index contributed by atoms with van der Waals surface area (Å²) in [6.07, 6.45) is 2.38. The van der Waals surface area contributed by atoms with Crippen molar-refractivity contribution < 1.29 is 14.0 Å². The molecule has 0 spiro atoms. The normalized spacial score (nSPS) is 23.0. The molecule has 1 heterocycles. The molecule has 0 unspecified atom stereocenters. The highest BCUT2D eigenvalue weighted by Gasteiger charge is 2.46. The number of ether oxygens (including phenoxy) is 1. The first kappa shape index (κ1) is 18.7. The van der Waals surface area contributed by atoms with Gasteiger partial charge in [0, 0.05) is 30.7 Å². The molecule has 0 aromatic rings. The van der Waals surface area contributed by atoms with E-state index >= 15 is 0 Å². The van der Waals surface area contributed by atoms with Gasteiger partial charge in [-0.3, -0.25) is 9.69 Å². The van der Waals surface area contributed by atoms with Gasteiger partial charge in [0.1, 0.15) is 6.61 Å². The molecule has 1 aliphatic heterocycles. The first-order valence-corrected chi connectivity index (χ1v) is 11.3. The fourth-order valence-corrected chi connectivity index (χ4v) is 4.86. The van der Waals surface area contributed by atoms with Crippen molar-refractivity contribution in [3.63, 3.8) is 0 Å². The van der Waals surface area contributed by atoms with Gasteiger partial charge in [0.2, 0.25) is 0 Å². The van der Waals surface area contributed by atoms with Gasteiger partial charge in [-0.15, -0.1) is 0 Å². The average Bonchev–Trinajstić information content (AvgIpc) is 2.17. The van der Waals surface area contributed by atoms with Crippen LogP contribution < -0.4 is 0 Å². The predicted octanol–water partition coefficient (Wildman–Crippen LogP) is 3.42. The second-order valence-corrected chi connectivity index (χ2v) is 12.8. The molecule has 124 valence electrons. The van der Waals surface area contributed by atoms with Gasteiger partial charge < -0.3 is 9.16 Å². The van der Waals surface area contributed by atoms with E-state index in [4.69, 9.17) is 9.16 Å². The summed E-state index contributed by atoms with van der Waals surface area (Å²) in [5, 5.41) is 0. The van der Waals surface area contributed by atoms with Crippen molar-refractivity contribution in [1.82, 2.24) is 4.90 Å². The molecule has 0 amide bonds. The van der Waals surface area contributed by atoms with Crippen LogP contribution in [0, 0.1) is 0 Å². The highest BCUT2D eigenvalue weighted by molar-refractivity contribution is 6.69. The largest absolute Gasteiger partial charge is 0.465 e. The molecule has 4 nitrogen and oxygen atoms in total. The lowest BCUT2D eigenvalue weighted by atomic mass is 9.78. The second kappa shape index (κ2) is 6.38. The van der Waals surface area contributed by atoms with Gasteiger partial charge in [-0.25, -0.2) is 0 Å². The highest BCUT2D eigenvalue weighted by atomic mass is 28.4. The number of carbonyl (C=O) groups is 1. The Morgan fingerprint density at radius 1 is 1.14 bits per heavy atom. The van der Waals surface area contributed by atoms with E-state index < -0.39 is 8.32 Å². The number of hydrogen-bond donors (Lipinski definition) is 0. The van der Waals surface area contributed by atoms with E-state index in [0.29, 0.717) is 12.7 Å². The molecule has 21 heavy (non-hydrogen) atoms. The summed E-state index contributed by atoms with van der Waals surface area (Å²) in [6.45, 7) is 18.5. The molecule has 0 aliphatic carbocycles. The third-order valence-corrected chi connectivity index (χ3v) is 5.10. The third kappa shape index (κ3) is 5.72. The maximum atomic E-state index is 11.0. The van der Waals surface area contributed by atoms with Gasteiger partial charge >= 0.3 is 5.97 Å². The maximum absolute atomic E-state index is 11.0. The van der Waals surface area contributed by atoms with E-state index in [1.54, 1.807) is 0 Å². The average molecular weight is 316 g/mol. The zero-order valence-corrected chi connectivity index (χ0v) is 16.1. The Morgan fingerprint density at radius 2 is 1.62 bits per heavy atom. The minimum absolute atomic E-state index is 0.0478. The summed E-state index contributed by atoms with van der Waals surface area (Å²) >= 11 is 0. The van der Waals surface area contributed by atoms with Gasteiger partial charge in [-0.2, -0.15) is 0 Å². The molecule has 1 aliphatic rings. The van der Waals surface area contributed by atoms with Crippen molar-refractivity contribution in [2.45, 2.75) is 84.3 Å². The lowest BCUT2D eigenvalue weighted by Gasteiger charge is -2.55. The van der Waals surface area contributed by atoms with Crippen molar-refractivity contribution in [1.29, 1.82) is 0 Å². The van der Waals surface area contributed by atoms with Crippen LogP contribution in [0.15, 0.2) is 0 Å². The van der Waals surface area contributed by atoms with Crippen LogP contribution in [0.5, 0.6) is 0 Å². The Hall–Kier alpha value is -0.393. The second-order valence-electron chi connectivity index (χ2n) is 8.38. The molecule has 0 aromatic carbocycles. The van der Waals surface area contributed by atoms with E-state index in [-0.39, 0.29) is 17.0 Å². The molecule has 0 saturated carbocycles. The van der Waals surface area contributed by atoms with Crippen molar-refractivity contribution in [3.8, 4) is 0 Å². The fourth-order valence-electron chi connectivity index (χ4n) is 3.70. The van der Waals surface area contributed by atoms with Crippen LogP contribution in [0.3, 0.4) is 0 Å². The summed E-state index contributed by atoms with van der Waals surface area (Å²) in [6, 6.07) is 0. The molecular weight excluding hydrogens is 282 g/mol. The Labute approximate surface area is 131 Å². The molecule has 0 atom stereocenters. The van der Waals surface area contributed by atoms with E-state index in [0.717, 1.165) is 19.4 Å². The zero-order valence-electron chi connectivity index (χ0n) is 15.1. The number of nitrogens with zero attached hydrogens (tertiary/aromatic N) is 1. The quantitative estimate of drug-likeness (QED) is 0.575. The SMILES string of the molecule is CC(=O)OCCN1C(C)(C)CC(O[Si](C)(C)C)CC1(C)C. The topological polar surface area (TPSA) is 38.8 Å². The fraction of sp³-hybridized carbons (Fsp3) is 0.938. The van der Waals surface area contributed by atoms with Crippen LogP contribution in [0.4, 0.5) is 0 Å². The van der Waals surface area contributed by atoms with Crippen molar-refractivity contribution in [2.24, 2.45) is 0 Å². The Kier molecular flexibility index (Phi) is 5.67. The summed E-state index contributed by atoms with van der Waals surface area (Å²) < 4.78 is 11.5. The van der Waals surface area contributed by atoms with Crippen LogP contribution in [-0.4, -0.2) is 49.5 Å². The van der Waals surface area contributed by atoms with Crippen molar-refractivity contribution in [2.75, 3.05) is 13.2 Å². The maximum Gasteiger partial charge on any atom is 0.302 e. The molecule has 1 saturated heterocycles. The number of carbonyl (C=O) groups excluding carboxylic acids is 1. The minimum Gasteiger partial charge on any atom is -0.465 e. The van der Waals surface area contributed by atoms with Gasteiger partial charge in [0.25, 0.3) is 0 Å². The third-order valence-electron chi connectivity index (χ3n) is 4.06. The summed E-state index contributed by atoms with van der Waals surface area (Å²) in [7, 11) is -1.52. The minimum atomic E-state index is -1.52. The lowest BCUT2D eigenvalue weighted by molar-refractivity contribution is -0.144. The molecule has 5 heteroatoms. The van der Waals surface area contributed by atoms with Gasteiger partial charge in [0.05, 0.1) is 0 Å². The van der Waals surface area contributed by atoms with E-state index in [1.807, 2.05) is 0 Å². The number of piperidine rings is 1. The van der Waals surface area contributed by atoms with Gasteiger partial charge in [-0.1, -0.05) is 0 Å². The molecule has 0 aromatic heterocycles. The molecule has 0 radical (unpaired) electrons. The highest BCUT2D eigenvalue weighted by Crippen LogP contribution is 2.40. The summed E-state index contributed by atoms with van der Waals surface area (Å²) in [5.74, 6) is -0.206. The predicted molar refractivity (Wildman–Crippen MR) is 89.0 cm³/mol. The van der Waals surface area contributed by atoms with Crippen molar-refractivity contribution in [3.05, 3.63) is 0 Å². The number of esters is 1. The summed E-state index contributed by atoms with van der Waals surface area (Å²) in [5.41, 5.74) is 0.0957. The molecule has 1 fully saturated rings. The first-order valence-electron chi connectivity index (χ1n) is 7.92. The van der Waals surface area contributed by atoms with Crippen LogP contribution in [0.25, 0.3) is 0 Å². The molecule has 0 N–H and O–H groups in total. The van der Waals surface area contributed by atoms with Crippen molar-refractivity contribution >= 4 is 14.3 Å². The van der Waals surface area contributed by atoms with Crippen LogP contribution >= 0.6 is 0 Å². The molecular formula is C16H33NO3Si. The summed E-state index contributed by atoms with van der Waals surface area (Å²) in [4.78, 5) is 13.4. The van der Waals surface area contributed by atoms with E-state index in [2.05, 4.69) is 52.2 Å². The van der Waals surface area contributed by atoms with Crippen LogP contribution in [-0.2, 0) is 14.0 Å². The number of rotatable bonds is 5. The Morgan fingerprint density at radius 3 is 2.00 bits per heavy atom. The first-order chi connectivity index (χ1) is 9.33. The number of likely N-dealkylation sites (tertiary alicyclic amines) is 1. The van der Waals surface area contributed by atoms with E-state index in [9.17, 15) is 4.79 Å². The lowest BCUT2D eigenvalue weighted by Crippen LogP contribution is -2.63. The Bertz CT molecular complexity index is 356. The smallest absolute Gasteiger partial charge is 0.302 e. The zero-order chi connectivity index (χ0) is 16.5. The standard InChI is InChI=1S/C16H33NO3Si/c1-13(18)19-10-9-17-15(2,3)11-14(12-16(17,4)5)20-21(6,7)8/h14H,9-12H2,1-8H3. The van der Waals surface area contributed by atoms with Gasteiger partial charge in [0.15, 0.2) is 8.32 Å². The molecule has 1 rings (SSSR count). The van der Waals surface area contributed by atoms with Crippen LogP contribution in [0.2, 0.25) is 19.6 Å². The van der Waals surface area contributed by atoms with Gasteiger partial charge in [-0.05, 0) is 60.2 Å². The van der Waals surface area contributed by atoms with E-state index in [1.165, 1.54) is 6.92 Å². The monoisotopic (exact) mass is 315 g/mol. The Balaban J connectivity index is 2.76. The molecule has 0 bridgehead atoms. The number of hydrogen-bond acceptors (Lipinski definition) is 4.